The molecule has 2 heterocycles. The number of hydrogen-bond acceptors (Lipinski definition) is 6. The maximum absolute atomic E-state index is 13.8. The van der Waals surface area contributed by atoms with E-state index in [0.717, 1.165) is 32.1 Å². The second kappa shape index (κ2) is 5.78. The molecule has 0 N–H and O–H groups in total. The zero-order valence-electron chi connectivity index (χ0n) is 17.3. The highest BCUT2D eigenvalue weighted by Gasteiger charge is 2.76. The van der Waals surface area contributed by atoms with Gasteiger partial charge in [-0.2, -0.15) is 0 Å². The summed E-state index contributed by atoms with van der Waals surface area (Å²) in [5.41, 5.74) is 0.103. The van der Waals surface area contributed by atoms with Gasteiger partial charge in [0.15, 0.2) is 19.4 Å². The topological polar surface area (TPSA) is 71.1 Å². The minimum absolute atomic E-state index is 0.0165. The summed E-state index contributed by atoms with van der Waals surface area (Å²) in [6.45, 7) is 5.24. The van der Waals surface area contributed by atoms with Crippen LogP contribution in [-0.2, 0) is 28.5 Å². The highest BCUT2D eigenvalue weighted by molar-refractivity contribution is 5.93. The smallest absolute Gasteiger partial charge is 0.226 e. The molecular formula is C23H30O6. The number of allylic oxidation sites excluding steroid dienone is 1. The number of carbonyl (C=O) groups excluding carboxylic acids is 2. The van der Waals surface area contributed by atoms with Crippen molar-refractivity contribution in [2.45, 2.75) is 70.2 Å². The molecule has 6 nitrogen and oxygen atoms in total. The third-order valence-electron chi connectivity index (χ3n) is 9.65. The molecule has 6 aliphatic rings. The van der Waals surface area contributed by atoms with Crippen LogP contribution in [0.15, 0.2) is 11.6 Å². The van der Waals surface area contributed by atoms with Crippen molar-refractivity contribution in [3.05, 3.63) is 11.6 Å². The fraction of sp³-hybridized carbons (Fsp3) is 0.826. The molecule has 0 amide bonds. The number of carbonyl (C=O) groups is 2. The Morgan fingerprint density at radius 1 is 1.00 bits per heavy atom. The van der Waals surface area contributed by atoms with Crippen LogP contribution in [0.5, 0.6) is 0 Å². The largest absolute Gasteiger partial charge is 0.350 e. The molecule has 2 aliphatic heterocycles. The molecule has 0 unspecified atom stereocenters. The zero-order chi connectivity index (χ0) is 20.1. The van der Waals surface area contributed by atoms with Crippen molar-refractivity contribution in [1.82, 2.24) is 0 Å². The summed E-state index contributed by atoms with van der Waals surface area (Å²) >= 11 is 0. The van der Waals surface area contributed by atoms with Crippen LogP contribution in [-0.4, -0.2) is 43.1 Å². The summed E-state index contributed by atoms with van der Waals surface area (Å²) in [5.74, 6) is 0.416. The van der Waals surface area contributed by atoms with Gasteiger partial charge in [-0.1, -0.05) is 19.4 Å². The van der Waals surface area contributed by atoms with Gasteiger partial charge in [-0.25, -0.2) is 0 Å². The van der Waals surface area contributed by atoms with Crippen LogP contribution in [0.4, 0.5) is 0 Å². The molecule has 158 valence electrons. The molecule has 3 saturated carbocycles. The summed E-state index contributed by atoms with van der Waals surface area (Å²) in [5, 5.41) is 0. The number of fused-ring (bicyclic) bond motifs is 7. The van der Waals surface area contributed by atoms with Gasteiger partial charge in [-0.15, -0.1) is 0 Å². The maximum atomic E-state index is 13.8. The first-order valence-corrected chi connectivity index (χ1v) is 11.1. The van der Waals surface area contributed by atoms with Crippen molar-refractivity contribution in [3.63, 3.8) is 0 Å². The Morgan fingerprint density at radius 3 is 2.62 bits per heavy atom. The fourth-order valence-corrected chi connectivity index (χ4v) is 8.36. The molecule has 0 radical (unpaired) electrons. The van der Waals surface area contributed by atoms with E-state index in [-0.39, 0.29) is 36.1 Å². The molecular weight excluding hydrogens is 372 g/mol. The van der Waals surface area contributed by atoms with E-state index in [1.54, 1.807) is 0 Å². The van der Waals surface area contributed by atoms with Gasteiger partial charge in [0.2, 0.25) is 5.79 Å². The lowest BCUT2D eigenvalue weighted by atomic mass is 9.45. The van der Waals surface area contributed by atoms with E-state index < -0.39 is 11.4 Å². The minimum atomic E-state index is -0.884. The van der Waals surface area contributed by atoms with Crippen molar-refractivity contribution in [3.8, 4) is 0 Å². The van der Waals surface area contributed by atoms with Crippen molar-refractivity contribution in [1.29, 1.82) is 0 Å². The van der Waals surface area contributed by atoms with Crippen molar-refractivity contribution in [2.24, 2.45) is 28.6 Å². The average Bonchev–Trinajstić information content (AvgIpc) is 3.37. The Morgan fingerprint density at radius 2 is 1.83 bits per heavy atom. The summed E-state index contributed by atoms with van der Waals surface area (Å²) in [4.78, 5) is 25.8. The highest BCUT2D eigenvalue weighted by atomic mass is 16.9. The molecule has 7 atom stereocenters. The van der Waals surface area contributed by atoms with E-state index in [1.807, 2.05) is 6.08 Å². The SMILES string of the molecule is C[C@]12CCC(=O)C=C1CC[C@H]1[C@H]3CC[C@@]4(OCO[C@]45COCO5)[C@]3(C)CC(=O)[C@@H]12. The first-order valence-electron chi connectivity index (χ1n) is 11.1. The number of hydrogen-bond donors (Lipinski definition) is 0. The van der Waals surface area contributed by atoms with Gasteiger partial charge in [-0.3, -0.25) is 9.59 Å². The number of ketones is 2. The van der Waals surface area contributed by atoms with Gasteiger partial charge in [0.05, 0.1) is 0 Å². The number of Topliss-reactive ketones (excluding diaryl/α,β-unsaturated/α-hetero) is 1. The molecule has 0 aromatic rings. The predicted octanol–water partition coefficient (Wildman–Crippen LogP) is 3.14. The monoisotopic (exact) mass is 402 g/mol. The van der Waals surface area contributed by atoms with E-state index >= 15 is 0 Å². The third-order valence-corrected chi connectivity index (χ3v) is 9.65. The van der Waals surface area contributed by atoms with Crippen LogP contribution >= 0.6 is 0 Å². The average molecular weight is 402 g/mol. The molecule has 29 heavy (non-hydrogen) atoms. The van der Waals surface area contributed by atoms with Crippen LogP contribution in [0.3, 0.4) is 0 Å². The Kier molecular flexibility index (Phi) is 3.72. The Bertz CT molecular complexity index is 807. The van der Waals surface area contributed by atoms with Crippen LogP contribution in [0.2, 0.25) is 0 Å². The third kappa shape index (κ3) is 2.07. The minimum Gasteiger partial charge on any atom is -0.350 e. The van der Waals surface area contributed by atoms with Crippen LogP contribution < -0.4 is 0 Å². The van der Waals surface area contributed by atoms with E-state index in [2.05, 4.69) is 13.8 Å². The molecule has 6 heteroatoms. The van der Waals surface area contributed by atoms with Gasteiger partial charge in [0, 0.05) is 24.2 Å². The molecule has 2 spiro atoms. The second-order valence-electron chi connectivity index (χ2n) is 10.5. The summed E-state index contributed by atoms with van der Waals surface area (Å²) in [6.07, 6.45) is 7.48. The van der Waals surface area contributed by atoms with Gasteiger partial charge >= 0.3 is 0 Å². The standard InChI is InChI=1S/C23H30O6/c1-20-7-5-15(24)9-14(20)3-4-16-17-6-8-22(21(17,2)10-18(25)19(16)20)23(29-13-27-22)11-26-12-28-23/h9,16-17,19H,3-8,10-13H2,1-2H3/t16-,17+,19+,20-,21+,22+,23+/m0/s1. The molecule has 5 fully saturated rings. The lowest BCUT2D eigenvalue weighted by molar-refractivity contribution is -0.246. The molecule has 4 aliphatic carbocycles. The maximum Gasteiger partial charge on any atom is 0.226 e. The quantitative estimate of drug-likeness (QED) is 0.620. The lowest BCUT2D eigenvalue weighted by Gasteiger charge is -2.59. The molecule has 0 aromatic heterocycles. The summed E-state index contributed by atoms with van der Waals surface area (Å²) < 4.78 is 24.0. The molecule has 0 bridgehead atoms. The lowest BCUT2D eigenvalue weighted by Crippen LogP contribution is -2.65. The molecule has 2 saturated heterocycles. The van der Waals surface area contributed by atoms with Crippen molar-refractivity contribution >= 4 is 11.6 Å². The van der Waals surface area contributed by atoms with Gasteiger partial charge < -0.3 is 18.9 Å². The predicted molar refractivity (Wildman–Crippen MR) is 102 cm³/mol. The van der Waals surface area contributed by atoms with E-state index in [1.165, 1.54) is 5.57 Å². The number of rotatable bonds is 0. The molecule has 0 aromatic carbocycles. The van der Waals surface area contributed by atoms with E-state index in [9.17, 15) is 9.59 Å². The van der Waals surface area contributed by atoms with Crippen molar-refractivity contribution < 1.29 is 28.5 Å². The van der Waals surface area contributed by atoms with Crippen LogP contribution in [0.25, 0.3) is 0 Å². The van der Waals surface area contributed by atoms with Crippen LogP contribution in [0, 0.1) is 28.6 Å². The second-order valence-corrected chi connectivity index (χ2v) is 10.5. The highest BCUT2D eigenvalue weighted by Crippen LogP contribution is 2.70. The first kappa shape index (κ1) is 18.7. The molecule has 6 rings (SSSR count). The fourth-order valence-electron chi connectivity index (χ4n) is 8.36. The van der Waals surface area contributed by atoms with Gasteiger partial charge in [-0.05, 0) is 55.4 Å². The van der Waals surface area contributed by atoms with Crippen molar-refractivity contribution in [2.75, 3.05) is 20.2 Å². The summed E-state index contributed by atoms with van der Waals surface area (Å²) in [6, 6.07) is 0. The van der Waals surface area contributed by atoms with E-state index in [0.29, 0.717) is 37.1 Å². The Labute approximate surface area is 171 Å². The number of ether oxygens (including phenoxy) is 4. The van der Waals surface area contributed by atoms with Gasteiger partial charge in [0.25, 0.3) is 0 Å². The van der Waals surface area contributed by atoms with Crippen LogP contribution in [0.1, 0.15) is 58.8 Å². The van der Waals surface area contributed by atoms with E-state index in [4.69, 9.17) is 18.9 Å². The normalized spacial score (nSPS) is 53.9. The Hall–Kier alpha value is -1.08. The Balaban J connectivity index is 1.42. The summed E-state index contributed by atoms with van der Waals surface area (Å²) in [7, 11) is 0. The van der Waals surface area contributed by atoms with Gasteiger partial charge in [0.1, 0.15) is 18.0 Å². The zero-order valence-corrected chi connectivity index (χ0v) is 17.3. The first-order chi connectivity index (χ1) is 13.9.